The molecule has 2 aromatic rings. The Hall–Kier alpha value is -1.39. The second kappa shape index (κ2) is 5.50. The minimum atomic E-state index is -0.572. The van der Waals surface area contributed by atoms with Gasteiger partial charge in [-0.2, -0.15) is 0 Å². The van der Waals surface area contributed by atoms with E-state index in [1.165, 1.54) is 12.1 Å². The van der Waals surface area contributed by atoms with Crippen molar-refractivity contribution in [2.45, 2.75) is 0 Å². The summed E-state index contributed by atoms with van der Waals surface area (Å²) >= 11 is 8.85. The highest BCUT2D eigenvalue weighted by Crippen LogP contribution is 2.29. The van der Waals surface area contributed by atoms with Gasteiger partial charge in [-0.1, -0.05) is 27.5 Å². The quantitative estimate of drug-likeness (QED) is 0.753. The molecule has 92 valence electrons. The van der Waals surface area contributed by atoms with Gasteiger partial charge in [-0.05, 0) is 30.3 Å². The lowest BCUT2D eigenvalue weighted by Gasteiger charge is -2.08. The number of hydrogen-bond acceptors (Lipinski definition) is 2. The van der Waals surface area contributed by atoms with E-state index < -0.39 is 5.82 Å². The van der Waals surface area contributed by atoms with Gasteiger partial charge in [0.05, 0.1) is 10.6 Å². The van der Waals surface area contributed by atoms with Crippen LogP contribution in [0.1, 0.15) is 10.4 Å². The smallest absolute Gasteiger partial charge is 0.153 e. The van der Waals surface area contributed by atoms with Crippen molar-refractivity contribution in [1.29, 1.82) is 0 Å². The van der Waals surface area contributed by atoms with Gasteiger partial charge < -0.3 is 4.74 Å². The standard InChI is InChI=1S/C13H7BrClFO2/c14-9-2-1-8(7-17)13(5-9)18-10-3-4-11(15)12(16)6-10/h1-7H. The summed E-state index contributed by atoms with van der Waals surface area (Å²) in [4.78, 5) is 10.9. The summed E-state index contributed by atoms with van der Waals surface area (Å²) in [6, 6.07) is 9.05. The maximum Gasteiger partial charge on any atom is 0.153 e. The highest BCUT2D eigenvalue weighted by molar-refractivity contribution is 9.10. The van der Waals surface area contributed by atoms with Crippen molar-refractivity contribution in [3.05, 3.63) is 57.3 Å². The molecule has 0 fully saturated rings. The van der Waals surface area contributed by atoms with Gasteiger partial charge in [0.1, 0.15) is 17.3 Å². The first-order chi connectivity index (χ1) is 8.60. The molecular weight excluding hydrogens is 322 g/mol. The van der Waals surface area contributed by atoms with Gasteiger partial charge in [-0.15, -0.1) is 0 Å². The number of ether oxygens (including phenoxy) is 1. The summed E-state index contributed by atoms with van der Waals surface area (Å²) < 4.78 is 19.5. The maximum atomic E-state index is 13.3. The average Bonchev–Trinajstić information content (AvgIpc) is 2.34. The van der Waals surface area contributed by atoms with Crippen molar-refractivity contribution < 1.29 is 13.9 Å². The van der Waals surface area contributed by atoms with Gasteiger partial charge in [0.25, 0.3) is 0 Å². The molecule has 0 saturated carbocycles. The molecule has 18 heavy (non-hydrogen) atoms. The lowest BCUT2D eigenvalue weighted by molar-refractivity contribution is 0.112. The summed E-state index contributed by atoms with van der Waals surface area (Å²) in [5.74, 6) is 0.0519. The zero-order chi connectivity index (χ0) is 13.1. The molecule has 0 radical (unpaired) electrons. The van der Waals surface area contributed by atoms with E-state index in [9.17, 15) is 9.18 Å². The molecule has 0 spiro atoms. The van der Waals surface area contributed by atoms with Crippen LogP contribution in [0, 0.1) is 5.82 Å². The predicted octanol–water partition coefficient (Wildman–Crippen LogP) is 4.85. The number of aldehydes is 1. The third-order valence-electron chi connectivity index (χ3n) is 2.22. The van der Waals surface area contributed by atoms with Crippen molar-refractivity contribution in [2.75, 3.05) is 0 Å². The monoisotopic (exact) mass is 328 g/mol. The molecule has 2 rings (SSSR count). The van der Waals surface area contributed by atoms with Crippen LogP contribution in [-0.4, -0.2) is 6.29 Å². The van der Waals surface area contributed by atoms with E-state index in [-0.39, 0.29) is 10.8 Å². The highest BCUT2D eigenvalue weighted by atomic mass is 79.9. The Morgan fingerprint density at radius 2 is 2.00 bits per heavy atom. The molecule has 0 atom stereocenters. The molecular formula is C13H7BrClFO2. The number of hydrogen-bond donors (Lipinski definition) is 0. The van der Waals surface area contributed by atoms with Crippen molar-refractivity contribution in [3.8, 4) is 11.5 Å². The van der Waals surface area contributed by atoms with Crippen molar-refractivity contribution >= 4 is 33.8 Å². The van der Waals surface area contributed by atoms with Gasteiger partial charge in [0, 0.05) is 10.5 Å². The van der Waals surface area contributed by atoms with Crippen molar-refractivity contribution in [1.82, 2.24) is 0 Å². The largest absolute Gasteiger partial charge is 0.456 e. The molecule has 0 aliphatic carbocycles. The highest BCUT2D eigenvalue weighted by Gasteiger charge is 2.07. The van der Waals surface area contributed by atoms with Crippen molar-refractivity contribution in [2.24, 2.45) is 0 Å². The topological polar surface area (TPSA) is 26.3 Å². The van der Waals surface area contributed by atoms with E-state index in [1.807, 2.05) is 0 Å². The van der Waals surface area contributed by atoms with E-state index in [4.69, 9.17) is 16.3 Å². The van der Waals surface area contributed by atoms with Gasteiger partial charge in [0.2, 0.25) is 0 Å². The number of rotatable bonds is 3. The average molecular weight is 330 g/mol. The number of carbonyl (C=O) groups is 1. The molecule has 0 saturated heterocycles. The van der Waals surface area contributed by atoms with E-state index in [2.05, 4.69) is 15.9 Å². The molecule has 5 heteroatoms. The number of carbonyl (C=O) groups excluding carboxylic acids is 1. The van der Waals surface area contributed by atoms with E-state index >= 15 is 0 Å². The summed E-state index contributed by atoms with van der Waals surface area (Å²) in [6.45, 7) is 0. The molecule has 0 unspecified atom stereocenters. The molecule has 0 bridgehead atoms. The minimum Gasteiger partial charge on any atom is -0.456 e. The molecule has 2 aromatic carbocycles. The minimum absolute atomic E-state index is 0.0206. The predicted molar refractivity (Wildman–Crippen MR) is 71.0 cm³/mol. The molecule has 0 aromatic heterocycles. The second-order valence-electron chi connectivity index (χ2n) is 3.48. The first kappa shape index (κ1) is 13.1. The molecule has 0 aliphatic heterocycles. The lowest BCUT2D eigenvalue weighted by Crippen LogP contribution is -1.91. The van der Waals surface area contributed by atoms with Gasteiger partial charge in [0.15, 0.2) is 6.29 Å². The van der Waals surface area contributed by atoms with Crippen LogP contribution in [0.3, 0.4) is 0 Å². The molecule has 0 heterocycles. The number of halogens is 3. The van der Waals surface area contributed by atoms with E-state index in [1.54, 1.807) is 18.2 Å². The fourth-order valence-electron chi connectivity index (χ4n) is 1.36. The summed E-state index contributed by atoms with van der Waals surface area (Å²) in [5, 5.41) is 0.0206. The fraction of sp³-hybridized carbons (Fsp3) is 0. The Labute approximate surface area is 116 Å². The Balaban J connectivity index is 2.35. The third-order valence-corrected chi connectivity index (χ3v) is 3.02. The second-order valence-corrected chi connectivity index (χ2v) is 4.80. The van der Waals surface area contributed by atoms with Crippen molar-refractivity contribution in [3.63, 3.8) is 0 Å². The van der Waals surface area contributed by atoms with Crippen LogP contribution in [0.5, 0.6) is 11.5 Å². The van der Waals surface area contributed by atoms with Gasteiger partial charge in [-0.3, -0.25) is 4.79 Å². The Morgan fingerprint density at radius 1 is 1.22 bits per heavy atom. The van der Waals surface area contributed by atoms with Crippen LogP contribution in [0.4, 0.5) is 4.39 Å². The van der Waals surface area contributed by atoms with Gasteiger partial charge >= 0.3 is 0 Å². The molecule has 0 N–H and O–H groups in total. The molecule has 0 amide bonds. The van der Waals surface area contributed by atoms with Crippen LogP contribution >= 0.6 is 27.5 Å². The SMILES string of the molecule is O=Cc1ccc(Br)cc1Oc1ccc(Cl)c(F)c1. The Bertz CT molecular complexity index is 602. The van der Waals surface area contributed by atoms with Crippen LogP contribution in [-0.2, 0) is 0 Å². The number of benzene rings is 2. The summed E-state index contributed by atoms with van der Waals surface area (Å²) in [6.07, 6.45) is 0.675. The first-order valence-corrected chi connectivity index (χ1v) is 6.15. The maximum absolute atomic E-state index is 13.3. The first-order valence-electron chi connectivity index (χ1n) is 4.98. The van der Waals surface area contributed by atoms with Crippen LogP contribution in [0.2, 0.25) is 5.02 Å². The van der Waals surface area contributed by atoms with Crippen LogP contribution < -0.4 is 4.74 Å². The normalized spacial score (nSPS) is 10.2. The summed E-state index contributed by atoms with van der Waals surface area (Å²) in [7, 11) is 0. The third kappa shape index (κ3) is 2.89. The zero-order valence-electron chi connectivity index (χ0n) is 8.99. The Morgan fingerprint density at radius 3 is 2.67 bits per heavy atom. The molecule has 2 nitrogen and oxygen atoms in total. The fourth-order valence-corrected chi connectivity index (χ4v) is 1.82. The Kier molecular flexibility index (Phi) is 3.99. The van der Waals surface area contributed by atoms with E-state index in [0.717, 1.165) is 10.5 Å². The molecule has 0 aliphatic rings. The van der Waals surface area contributed by atoms with Crippen LogP contribution in [0.25, 0.3) is 0 Å². The van der Waals surface area contributed by atoms with Crippen LogP contribution in [0.15, 0.2) is 40.9 Å². The lowest BCUT2D eigenvalue weighted by atomic mass is 10.2. The van der Waals surface area contributed by atoms with Gasteiger partial charge in [-0.25, -0.2) is 4.39 Å². The summed E-state index contributed by atoms with van der Waals surface area (Å²) in [5.41, 5.74) is 0.383. The van der Waals surface area contributed by atoms with E-state index in [0.29, 0.717) is 17.6 Å². The zero-order valence-corrected chi connectivity index (χ0v) is 11.3.